The highest BCUT2D eigenvalue weighted by molar-refractivity contribution is 5.99. The minimum atomic E-state index is -0.395. The summed E-state index contributed by atoms with van der Waals surface area (Å²) in [5.74, 6) is 0.264. The number of hydrogen-bond donors (Lipinski definition) is 4. The first-order valence-corrected chi connectivity index (χ1v) is 9.03. The SMILES string of the molecule is CCc1nc(NC(=O)N[C@H](CCOC)c2ccccc2)cc(N)c1C(=N)OC.[HH].[HH].[HH]. The summed E-state index contributed by atoms with van der Waals surface area (Å²) in [6.45, 7) is 2.41. The van der Waals surface area contributed by atoms with Crippen molar-refractivity contribution in [3.63, 3.8) is 0 Å². The summed E-state index contributed by atoms with van der Waals surface area (Å²) in [4.78, 5) is 16.9. The van der Waals surface area contributed by atoms with Gasteiger partial charge in [0.25, 0.3) is 0 Å². The molecule has 0 aliphatic carbocycles. The molecule has 156 valence electrons. The van der Waals surface area contributed by atoms with E-state index in [-0.39, 0.29) is 16.2 Å². The van der Waals surface area contributed by atoms with E-state index < -0.39 is 6.03 Å². The second kappa shape index (κ2) is 10.3. The number of rotatable bonds is 8. The third-order valence-electron chi connectivity index (χ3n) is 4.25. The van der Waals surface area contributed by atoms with Gasteiger partial charge in [-0.25, -0.2) is 9.78 Å². The molecule has 0 aliphatic rings. The minimum Gasteiger partial charge on any atom is -0.481 e. The number of hydrogen-bond acceptors (Lipinski definition) is 6. The average Bonchev–Trinajstić information content (AvgIpc) is 2.70. The molecule has 5 N–H and O–H groups in total. The molecule has 0 saturated carbocycles. The largest absolute Gasteiger partial charge is 0.481 e. The molecule has 2 rings (SSSR count). The van der Waals surface area contributed by atoms with Crippen molar-refractivity contribution in [1.82, 2.24) is 10.3 Å². The van der Waals surface area contributed by atoms with E-state index in [2.05, 4.69) is 15.6 Å². The third-order valence-corrected chi connectivity index (χ3v) is 4.25. The maximum absolute atomic E-state index is 12.5. The number of aryl methyl sites for hydroxylation is 1. The predicted octanol–water partition coefficient (Wildman–Crippen LogP) is 3.84. The van der Waals surface area contributed by atoms with Crippen molar-refractivity contribution in [2.24, 2.45) is 0 Å². The number of nitrogens with two attached hydrogens (primary N) is 1. The fourth-order valence-electron chi connectivity index (χ4n) is 2.86. The quantitative estimate of drug-likeness (QED) is 0.402. The summed E-state index contributed by atoms with van der Waals surface area (Å²) in [6.07, 6.45) is 1.18. The Bertz CT molecular complexity index is 825. The van der Waals surface area contributed by atoms with E-state index in [0.29, 0.717) is 42.2 Å². The number of benzene rings is 1. The monoisotopic (exact) mass is 391 g/mol. The van der Waals surface area contributed by atoms with E-state index >= 15 is 0 Å². The van der Waals surface area contributed by atoms with E-state index in [1.165, 1.54) is 13.2 Å². The standard InChI is InChI=1S/C20H27N5O3.3H2/c1-4-15-18(19(22)28-3)14(21)12-17(23-15)25-20(26)24-16(10-11-27-2)13-8-6-5-7-9-13;;;/h5-9,12,16,22H,4,10-11H2,1-3H3,(H4,21,23,24,25,26);3*1H/t16-;;;/m1.../s1. The molecule has 8 heteroatoms. The molecule has 2 aromatic rings. The molecule has 0 aliphatic heterocycles. The van der Waals surface area contributed by atoms with Gasteiger partial charge < -0.3 is 20.5 Å². The Hall–Kier alpha value is -3.13. The van der Waals surface area contributed by atoms with Gasteiger partial charge in [-0.3, -0.25) is 10.7 Å². The first-order chi connectivity index (χ1) is 13.5. The van der Waals surface area contributed by atoms with Crippen LogP contribution in [0.25, 0.3) is 0 Å². The van der Waals surface area contributed by atoms with Crippen LogP contribution in [0.2, 0.25) is 0 Å². The van der Waals surface area contributed by atoms with E-state index in [4.69, 9.17) is 20.6 Å². The van der Waals surface area contributed by atoms with Crippen LogP contribution in [-0.2, 0) is 15.9 Å². The summed E-state index contributed by atoms with van der Waals surface area (Å²) in [5, 5.41) is 13.5. The van der Waals surface area contributed by atoms with Crippen LogP contribution in [0.4, 0.5) is 16.3 Å². The van der Waals surface area contributed by atoms with Gasteiger partial charge in [0, 0.05) is 29.8 Å². The Labute approximate surface area is 169 Å². The second-order valence-corrected chi connectivity index (χ2v) is 6.15. The molecule has 1 aromatic carbocycles. The van der Waals surface area contributed by atoms with Gasteiger partial charge in [0.05, 0.1) is 24.4 Å². The van der Waals surface area contributed by atoms with Crippen molar-refractivity contribution in [1.29, 1.82) is 5.41 Å². The van der Waals surface area contributed by atoms with Crippen LogP contribution in [-0.4, -0.2) is 37.7 Å². The van der Waals surface area contributed by atoms with Crippen LogP contribution >= 0.6 is 0 Å². The number of anilines is 2. The second-order valence-electron chi connectivity index (χ2n) is 6.15. The lowest BCUT2D eigenvalue weighted by atomic mass is 10.0. The first kappa shape index (κ1) is 21.2. The maximum Gasteiger partial charge on any atom is 0.320 e. The molecule has 0 spiro atoms. The zero-order valence-electron chi connectivity index (χ0n) is 16.4. The van der Waals surface area contributed by atoms with Crippen LogP contribution in [0, 0.1) is 5.41 Å². The summed E-state index contributed by atoms with van der Waals surface area (Å²) in [5.41, 5.74) is 8.40. The van der Waals surface area contributed by atoms with E-state index in [1.54, 1.807) is 7.11 Å². The Balaban J connectivity index is 0. The van der Waals surface area contributed by atoms with Crippen LogP contribution < -0.4 is 16.4 Å². The van der Waals surface area contributed by atoms with Gasteiger partial charge in [-0.05, 0) is 18.4 Å². The van der Waals surface area contributed by atoms with Gasteiger partial charge in [-0.1, -0.05) is 37.3 Å². The average molecular weight is 392 g/mol. The Morgan fingerprint density at radius 1 is 1.32 bits per heavy atom. The Morgan fingerprint density at radius 2 is 2.04 bits per heavy atom. The zero-order valence-corrected chi connectivity index (χ0v) is 16.4. The highest BCUT2D eigenvalue weighted by atomic mass is 16.5. The Morgan fingerprint density at radius 3 is 2.64 bits per heavy atom. The molecular formula is C20H33N5O3. The van der Waals surface area contributed by atoms with Crippen LogP contribution in [0.1, 0.15) is 40.5 Å². The van der Waals surface area contributed by atoms with Crippen LogP contribution in [0.15, 0.2) is 36.4 Å². The number of amides is 2. The summed E-state index contributed by atoms with van der Waals surface area (Å²) < 4.78 is 10.1. The molecule has 0 radical (unpaired) electrons. The molecule has 1 atom stereocenters. The number of pyridine rings is 1. The lowest BCUT2D eigenvalue weighted by Gasteiger charge is -2.20. The van der Waals surface area contributed by atoms with Crippen molar-refractivity contribution in [2.75, 3.05) is 31.9 Å². The van der Waals surface area contributed by atoms with Crippen molar-refractivity contribution >= 4 is 23.4 Å². The number of carbonyl (C=O) groups excluding carboxylic acids is 1. The van der Waals surface area contributed by atoms with Crippen LogP contribution in [0.5, 0.6) is 0 Å². The van der Waals surface area contributed by atoms with E-state index in [9.17, 15) is 4.79 Å². The predicted molar refractivity (Wildman–Crippen MR) is 116 cm³/mol. The van der Waals surface area contributed by atoms with Crippen molar-refractivity contribution in [2.45, 2.75) is 25.8 Å². The molecule has 1 aromatic heterocycles. The van der Waals surface area contributed by atoms with Gasteiger partial charge >= 0.3 is 6.03 Å². The number of urea groups is 1. The number of aromatic nitrogens is 1. The van der Waals surface area contributed by atoms with Gasteiger partial charge in [-0.15, -0.1) is 0 Å². The van der Waals surface area contributed by atoms with Crippen molar-refractivity contribution < 1.29 is 18.5 Å². The fourth-order valence-corrected chi connectivity index (χ4v) is 2.86. The topological polar surface area (TPSA) is 122 Å². The van der Waals surface area contributed by atoms with Gasteiger partial charge in [0.1, 0.15) is 5.82 Å². The Kier molecular flexibility index (Phi) is 7.76. The van der Waals surface area contributed by atoms with Crippen molar-refractivity contribution in [3.8, 4) is 0 Å². The molecule has 2 amide bonds. The number of nitrogens with one attached hydrogen (secondary N) is 3. The highest BCUT2D eigenvalue weighted by Crippen LogP contribution is 2.22. The fraction of sp³-hybridized carbons (Fsp3) is 0.350. The van der Waals surface area contributed by atoms with Gasteiger partial charge in [0.2, 0.25) is 5.90 Å². The maximum atomic E-state index is 12.5. The zero-order chi connectivity index (χ0) is 20.5. The van der Waals surface area contributed by atoms with Gasteiger partial charge in [-0.2, -0.15) is 0 Å². The number of nitrogens with zero attached hydrogens (tertiary/aromatic N) is 1. The number of nitrogen functional groups attached to an aromatic ring is 1. The molecule has 0 saturated heterocycles. The molecule has 1 heterocycles. The number of ether oxygens (including phenoxy) is 2. The van der Waals surface area contributed by atoms with Crippen LogP contribution in [0.3, 0.4) is 0 Å². The third kappa shape index (κ3) is 5.43. The number of methoxy groups -OCH3 is 2. The lowest BCUT2D eigenvalue weighted by molar-refractivity contribution is 0.183. The normalized spacial score (nSPS) is 11.5. The van der Waals surface area contributed by atoms with E-state index in [0.717, 1.165) is 5.56 Å². The van der Waals surface area contributed by atoms with E-state index in [1.807, 2.05) is 37.3 Å². The molecule has 0 unspecified atom stereocenters. The molecule has 0 fully saturated rings. The summed E-state index contributed by atoms with van der Waals surface area (Å²) >= 11 is 0. The smallest absolute Gasteiger partial charge is 0.320 e. The van der Waals surface area contributed by atoms with Gasteiger partial charge in [0.15, 0.2) is 0 Å². The molecule has 8 nitrogen and oxygen atoms in total. The molecular weight excluding hydrogens is 358 g/mol. The van der Waals surface area contributed by atoms with Crippen molar-refractivity contribution in [3.05, 3.63) is 53.2 Å². The minimum absolute atomic E-state index is 0. The number of carbonyl (C=O) groups is 1. The first-order valence-electron chi connectivity index (χ1n) is 9.03. The summed E-state index contributed by atoms with van der Waals surface area (Å²) in [7, 11) is 3.03. The molecule has 0 bridgehead atoms. The lowest BCUT2D eigenvalue weighted by Crippen LogP contribution is -2.33. The molecule has 28 heavy (non-hydrogen) atoms. The summed E-state index contributed by atoms with van der Waals surface area (Å²) in [6, 6.07) is 10.6. The highest BCUT2D eigenvalue weighted by Gasteiger charge is 2.18.